The predicted molar refractivity (Wildman–Crippen MR) is 86.6 cm³/mol. The van der Waals surface area contributed by atoms with E-state index in [9.17, 15) is 4.79 Å². The molecule has 4 nitrogen and oxygen atoms in total. The number of carbonyl (C=O) groups excluding carboxylic acids is 1. The van der Waals surface area contributed by atoms with E-state index in [-0.39, 0.29) is 5.91 Å². The quantitative estimate of drug-likeness (QED) is 0.938. The number of amides is 1. The van der Waals surface area contributed by atoms with Crippen LogP contribution in [0.15, 0.2) is 36.4 Å². The molecule has 0 saturated carbocycles. The van der Waals surface area contributed by atoms with Gasteiger partial charge >= 0.3 is 0 Å². The van der Waals surface area contributed by atoms with Gasteiger partial charge in [-0.1, -0.05) is 23.7 Å². The van der Waals surface area contributed by atoms with Gasteiger partial charge in [-0.2, -0.15) is 5.26 Å². The smallest absolute Gasteiger partial charge is 0.252 e. The van der Waals surface area contributed by atoms with E-state index in [1.807, 2.05) is 25.1 Å². The van der Waals surface area contributed by atoms with E-state index < -0.39 is 5.54 Å². The Labute approximate surface area is 134 Å². The second kappa shape index (κ2) is 6.17. The second-order valence-electron chi connectivity index (χ2n) is 5.58. The number of carbonyl (C=O) groups is 1. The summed E-state index contributed by atoms with van der Waals surface area (Å²) in [5.41, 5.74) is 1.85. The lowest BCUT2D eigenvalue weighted by atomic mass is 10.0. The lowest BCUT2D eigenvalue weighted by Crippen LogP contribution is -2.42. The number of hydrogen-bond acceptors (Lipinski definition) is 3. The van der Waals surface area contributed by atoms with E-state index in [4.69, 9.17) is 16.9 Å². The van der Waals surface area contributed by atoms with E-state index in [2.05, 4.69) is 10.3 Å². The maximum Gasteiger partial charge on any atom is 0.252 e. The van der Waals surface area contributed by atoms with Gasteiger partial charge in [0, 0.05) is 21.8 Å². The Hall–Kier alpha value is -2.38. The van der Waals surface area contributed by atoms with Crippen molar-refractivity contribution in [2.24, 2.45) is 0 Å². The highest BCUT2D eigenvalue weighted by atomic mass is 35.5. The molecule has 0 aliphatic carbocycles. The zero-order valence-corrected chi connectivity index (χ0v) is 13.4. The number of pyridine rings is 1. The van der Waals surface area contributed by atoms with E-state index >= 15 is 0 Å². The van der Waals surface area contributed by atoms with Gasteiger partial charge in [0.1, 0.15) is 5.54 Å². The van der Waals surface area contributed by atoms with Crippen LogP contribution in [0.1, 0.15) is 29.9 Å². The molecule has 0 aliphatic heterocycles. The van der Waals surface area contributed by atoms with Gasteiger partial charge in [0.05, 0.1) is 11.8 Å². The van der Waals surface area contributed by atoms with Crippen molar-refractivity contribution in [1.29, 1.82) is 5.26 Å². The van der Waals surface area contributed by atoms with Crippen LogP contribution in [0.4, 0.5) is 0 Å². The summed E-state index contributed by atoms with van der Waals surface area (Å²) in [4.78, 5) is 16.7. The highest BCUT2D eigenvalue weighted by Gasteiger charge is 2.21. The summed E-state index contributed by atoms with van der Waals surface area (Å²) in [6.45, 7) is 5.13. The third kappa shape index (κ3) is 3.84. The minimum Gasteiger partial charge on any atom is -0.334 e. The fourth-order valence-electron chi connectivity index (χ4n) is 1.95. The molecule has 112 valence electrons. The van der Waals surface area contributed by atoms with Crippen molar-refractivity contribution in [2.75, 3.05) is 0 Å². The van der Waals surface area contributed by atoms with Crippen LogP contribution in [-0.4, -0.2) is 16.4 Å². The maximum atomic E-state index is 12.3. The van der Waals surface area contributed by atoms with Gasteiger partial charge in [-0.3, -0.25) is 9.78 Å². The number of nitrogens with zero attached hydrogens (tertiary/aromatic N) is 2. The average molecular weight is 314 g/mol. The Bertz CT molecular complexity index is 745. The van der Waals surface area contributed by atoms with Crippen LogP contribution in [-0.2, 0) is 0 Å². The lowest BCUT2D eigenvalue weighted by molar-refractivity contribution is 0.0929. The van der Waals surface area contributed by atoms with Crippen LogP contribution in [0.3, 0.4) is 0 Å². The zero-order chi connectivity index (χ0) is 16.3. The van der Waals surface area contributed by atoms with Crippen LogP contribution in [0.2, 0.25) is 5.02 Å². The minimum absolute atomic E-state index is 0.299. The molecule has 22 heavy (non-hydrogen) atoms. The molecule has 0 bridgehead atoms. The highest BCUT2D eigenvalue weighted by molar-refractivity contribution is 6.30. The number of halogens is 1. The molecule has 1 aromatic carbocycles. The second-order valence-corrected chi connectivity index (χ2v) is 6.02. The highest BCUT2D eigenvalue weighted by Crippen LogP contribution is 2.21. The van der Waals surface area contributed by atoms with Gasteiger partial charge in [-0.15, -0.1) is 0 Å². The summed E-state index contributed by atoms with van der Waals surface area (Å²) in [6, 6.07) is 12.7. The normalized spacial score (nSPS) is 10.9. The number of aromatic nitrogens is 1. The molecule has 0 saturated heterocycles. The molecule has 2 aromatic rings. The van der Waals surface area contributed by atoms with Crippen molar-refractivity contribution in [2.45, 2.75) is 26.3 Å². The average Bonchev–Trinajstić information content (AvgIpc) is 2.47. The largest absolute Gasteiger partial charge is 0.334 e. The van der Waals surface area contributed by atoms with Crippen molar-refractivity contribution in [3.8, 4) is 17.3 Å². The first-order chi connectivity index (χ1) is 10.3. The van der Waals surface area contributed by atoms with E-state index in [0.717, 1.165) is 11.3 Å². The molecule has 5 heteroatoms. The molecule has 0 aliphatic rings. The van der Waals surface area contributed by atoms with E-state index in [1.54, 1.807) is 38.1 Å². The molecule has 0 unspecified atom stereocenters. The van der Waals surface area contributed by atoms with Crippen LogP contribution in [0.25, 0.3) is 11.3 Å². The van der Waals surface area contributed by atoms with Gasteiger partial charge in [-0.05, 0) is 45.0 Å². The number of benzene rings is 1. The van der Waals surface area contributed by atoms with E-state index in [1.165, 1.54) is 0 Å². The topological polar surface area (TPSA) is 65.8 Å². The Morgan fingerprint density at radius 2 is 1.91 bits per heavy atom. The molecule has 0 radical (unpaired) electrons. The first-order valence-electron chi connectivity index (χ1n) is 6.79. The molecular formula is C17H16ClN3O. The Kier molecular flexibility index (Phi) is 4.48. The van der Waals surface area contributed by atoms with Crippen LogP contribution < -0.4 is 5.32 Å². The first kappa shape index (κ1) is 16.0. The van der Waals surface area contributed by atoms with Gasteiger partial charge < -0.3 is 5.32 Å². The molecule has 0 atom stereocenters. The molecule has 2 rings (SSSR count). The summed E-state index contributed by atoms with van der Waals surface area (Å²) in [6.07, 6.45) is 0. The van der Waals surface area contributed by atoms with Crippen molar-refractivity contribution in [1.82, 2.24) is 10.3 Å². The molecule has 0 fully saturated rings. The monoisotopic (exact) mass is 313 g/mol. The third-order valence-electron chi connectivity index (χ3n) is 3.06. The summed E-state index contributed by atoms with van der Waals surface area (Å²) >= 11 is 5.89. The summed E-state index contributed by atoms with van der Waals surface area (Å²) in [5, 5.41) is 12.3. The molecule has 1 amide bonds. The number of nitriles is 1. The Morgan fingerprint density at radius 3 is 2.50 bits per heavy atom. The van der Waals surface area contributed by atoms with Crippen LogP contribution >= 0.6 is 11.6 Å². The standard InChI is InChI=1S/C17H16ClN3O/c1-11-8-13(16(22)21-17(2,3)10-19)9-15(20-11)12-4-6-14(18)7-5-12/h4-9H,1-3H3,(H,21,22). The molecule has 0 spiro atoms. The molecular weight excluding hydrogens is 298 g/mol. The fraction of sp³-hybridized carbons (Fsp3) is 0.235. The maximum absolute atomic E-state index is 12.3. The van der Waals surface area contributed by atoms with Crippen molar-refractivity contribution < 1.29 is 4.79 Å². The molecule has 1 aromatic heterocycles. The van der Waals surface area contributed by atoms with Crippen molar-refractivity contribution >= 4 is 17.5 Å². The molecule has 1 N–H and O–H groups in total. The number of nitrogens with one attached hydrogen (secondary N) is 1. The fourth-order valence-corrected chi connectivity index (χ4v) is 2.08. The lowest BCUT2D eigenvalue weighted by Gasteiger charge is -2.17. The predicted octanol–water partition coefficient (Wildman–Crippen LogP) is 3.74. The van der Waals surface area contributed by atoms with Crippen LogP contribution in [0, 0.1) is 18.3 Å². The van der Waals surface area contributed by atoms with Gasteiger partial charge in [0.15, 0.2) is 0 Å². The van der Waals surface area contributed by atoms with Crippen LogP contribution in [0.5, 0.6) is 0 Å². The van der Waals surface area contributed by atoms with Crippen molar-refractivity contribution in [3.63, 3.8) is 0 Å². The minimum atomic E-state index is -0.922. The zero-order valence-electron chi connectivity index (χ0n) is 12.6. The van der Waals surface area contributed by atoms with Gasteiger partial charge in [0.2, 0.25) is 0 Å². The summed E-state index contributed by atoms with van der Waals surface area (Å²) in [7, 11) is 0. The third-order valence-corrected chi connectivity index (χ3v) is 3.31. The van der Waals surface area contributed by atoms with Gasteiger partial charge in [-0.25, -0.2) is 0 Å². The Balaban J connectivity index is 2.37. The summed E-state index contributed by atoms with van der Waals surface area (Å²) < 4.78 is 0. The molecule has 1 heterocycles. The summed E-state index contributed by atoms with van der Waals surface area (Å²) in [5.74, 6) is -0.299. The van der Waals surface area contributed by atoms with E-state index in [0.29, 0.717) is 16.3 Å². The SMILES string of the molecule is Cc1cc(C(=O)NC(C)(C)C#N)cc(-c2ccc(Cl)cc2)n1. The Morgan fingerprint density at radius 1 is 1.27 bits per heavy atom. The van der Waals surface area contributed by atoms with Gasteiger partial charge in [0.25, 0.3) is 5.91 Å². The number of aryl methyl sites for hydroxylation is 1. The van der Waals surface area contributed by atoms with Crippen molar-refractivity contribution in [3.05, 3.63) is 52.7 Å². The number of hydrogen-bond donors (Lipinski definition) is 1. The number of rotatable bonds is 3. The first-order valence-corrected chi connectivity index (χ1v) is 7.17.